The smallest absolute Gasteiger partial charge is 0.295 e. The van der Waals surface area contributed by atoms with Gasteiger partial charge in [0.05, 0.1) is 11.4 Å². The van der Waals surface area contributed by atoms with Gasteiger partial charge in [0.15, 0.2) is 15.7 Å². The van der Waals surface area contributed by atoms with Crippen LogP contribution in [0.15, 0.2) is 35.2 Å². The minimum atomic E-state index is -4.01. The topological polar surface area (TPSA) is 62.8 Å². The molecule has 28 heavy (non-hydrogen) atoms. The fourth-order valence-electron chi connectivity index (χ4n) is 2.64. The Bertz CT molecular complexity index is 1180. The Morgan fingerprint density at radius 2 is 1.79 bits per heavy atom. The first-order valence-corrected chi connectivity index (χ1v) is 10.1. The van der Waals surface area contributed by atoms with Crippen molar-refractivity contribution >= 4 is 21.4 Å². The Balaban J connectivity index is 2.27. The van der Waals surface area contributed by atoms with Gasteiger partial charge in [-0.3, -0.25) is 0 Å². The Hall–Kier alpha value is -2.39. The molecule has 1 N–H and O–H groups in total. The third kappa shape index (κ3) is 3.77. The van der Waals surface area contributed by atoms with Gasteiger partial charge in [-0.05, 0) is 30.7 Å². The molecule has 1 heterocycles. The van der Waals surface area contributed by atoms with Crippen molar-refractivity contribution in [2.24, 2.45) is 0 Å². The molecule has 0 unspecified atom stereocenters. The summed E-state index contributed by atoms with van der Waals surface area (Å²) in [5.41, 5.74) is 0.317. The van der Waals surface area contributed by atoms with Crippen LogP contribution in [-0.2, 0) is 9.84 Å². The zero-order chi connectivity index (χ0) is 20.8. The van der Waals surface area contributed by atoms with Gasteiger partial charge < -0.3 is 4.98 Å². The highest BCUT2D eigenvalue weighted by Crippen LogP contribution is 2.36. The molecule has 0 bridgehead atoms. The Morgan fingerprint density at radius 1 is 1.11 bits per heavy atom. The van der Waals surface area contributed by atoms with E-state index in [9.17, 15) is 26.0 Å². The second kappa shape index (κ2) is 7.21. The van der Waals surface area contributed by atoms with Crippen molar-refractivity contribution in [2.45, 2.75) is 18.2 Å². The molecule has 0 spiro atoms. The van der Waals surface area contributed by atoms with Crippen molar-refractivity contribution in [3.05, 3.63) is 58.4 Å². The first-order chi connectivity index (χ1) is 13.0. The summed E-state index contributed by atoms with van der Waals surface area (Å²) in [5.74, 6) is -3.06. The molecular formula is C18H13ClF4N2O2S. The van der Waals surface area contributed by atoms with E-state index in [1.54, 1.807) is 19.1 Å². The van der Waals surface area contributed by atoms with E-state index in [1.807, 2.05) is 0 Å². The molecular weight excluding hydrogens is 420 g/mol. The number of nitrogens with one attached hydrogen (secondary N) is 1. The Labute approximate surface area is 163 Å². The van der Waals surface area contributed by atoms with Gasteiger partial charge in [0, 0.05) is 22.4 Å². The quantitative estimate of drug-likeness (QED) is 0.567. The fourth-order valence-corrected chi connectivity index (χ4v) is 3.55. The van der Waals surface area contributed by atoms with E-state index in [0.29, 0.717) is 22.7 Å². The molecule has 0 saturated carbocycles. The highest BCUT2D eigenvalue weighted by Gasteiger charge is 2.24. The number of rotatable bonds is 4. The standard InChI is InChI=1S/C18H13ClF4N2O2S/c1-8-3-4-9(5-11(8)19)15-16(25-18(24-15)17(22)23)10-6-13(21)14(7-12(10)20)28(2,26)27/h3-7,17H,1-2H3,(H,24,25). The number of sulfone groups is 1. The van der Waals surface area contributed by atoms with Crippen LogP contribution in [0.4, 0.5) is 17.6 Å². The number of hydrogen-bond acceptors (Lipinski definition) is 3. The van der Waals surface area contributed by atoms with Gasteiger partial charge in [-0.1, -0.05) is 23.7 Å². The maximum Gasteiger partial charge on any atom is 0.295 e. The van der Waals surface area contributed by atoms with E-state index in [1.165, 1.54) is 6.07 Å². The van der Waals surface area contributed by atoms with Gasteiger partial charge in [-0.15, -0.1) is 0 Å². The predicted molar refractivity (Wildman–Crippen MR) is 97.2 cm³/mol. The zero-order valence-corrected chi connectivity index (χ0v) is 16.1. The van der Waals surface area contributed by atoms with E-state index >= 15 is 0 Å². The molecule has 1 aromatic heterocycles. The Morgan fingerprint density at radius 3 is 2.36 bits per heavy atom. The lowest BCUT2D eigenvalue weighted by Gasteiger charge is -2.08. The van der Waals surface area contributed by atoms with Crippen LogP contribution < -0.4 is 0 Å². The second-order valence-corrected chi connectivity index (χ2v) is 8.54. The molecule has 3 rings (SSSR count). The number of hydrogen-bond donors (Lipinski definition) is 1. The normalized spacial score (nSPS) is 12.0. The van der Waals surface area contributed by atoms with Crippen LogP contribution in [0.25, 0.3) is 22.5 Å². The molecule has 10 heteroatoms. The van der Waals surface area contributed by atoms with Crippen LogP contribution in [0.5, 0.6) is 0 Å². The number of nitrogens with zero attached hydrogens (tertiary/aromatic N) is 1. The minimum absolute atomic E-state index is 0.0670. The highest BCUT2D eigenvalue weighted by atomic mass is 35.5. The van der Waals surface area contributed by atoms with Crippen molar-refractivity contribution in [3.63, 3.8) is 0 Å². The average molecular weight is 433 g/mol. The largest absolute Gasteiger partial charge is 0.337 e. The monoisotopic (exact) mass is 432 g/mol. The number of imidazole rings is 1. The molecule has 3 aromatic rings. The summed E-state index contributed by atoms with van der Waals surface area (Å²) in [6.07, 6.45) is -2.26. The SMILES string of the molecule is Cc1ccc(-c2nc(C(F)F)[nH]c2-c2cc(F)c(S(C)(=O)=O)cc2F)cc1Cl. The number of aryl methyl sites for hydroxylation is 1. The van der Waals surface area contributed by atoms with Crippen LogP contribution in [-0.4, -0.2) is 24.6 Å². The van der Waals surface area contributed by atoms with Gasteiger partial charge in [0.1, 0.15) is 16.5 Å². The molecule has 0 atom stereocenters. The van der Waals surface area contributed by atoms with Crippen LogP contribution in [0.3, 0.4) is 0 Å². The van der Waals surface area contributed by atoms with Crippen LogP contribution in [0.1, 0.15) is 17.8 Å². The molecule has 148 valence electrons. The zero-order valence-electron chi connectivity index (χ0n) is 14.5. The number of aromatic nitrogens is 2. The molecule has 0 saturated heterocycles. The van der Waals surface area contributed by atoms with E-state index in [-0.39, 0.29) is 11.4 Å². The number of H-pyrrole nitrogens is 1. The fraction of sp³-hybridized carbons (Fsp3) is 0.167. The summed E-state index contributed by atoms with van der Waals surface area (Å²) < 4.78 is 78.3. The summed E-state index contributed by atoms with van der Waals surface area (Å²) >= 11 is 6.07. The van der Waals surface area contributed by atoms with Gasteiger partial charge in [0.2, 0.25) is 0 Å². The molecule has 0 aliphatic rings. The van der Waals surface area contributed by atoms with Crippen LogP contribution >= 0.6 is 11.6 Å². The van der Waals surface area contributed by atoms with Gasteiger partial charge >= 0.3 is 0 Å². The number of alkyl halides is 2. The van der Waals surface area contributed by atoms with Crippen molar-refractivity contribution in [1.82, 2.24) is 9.97 Å². The predicted octanol–water partition coefficient (Wildman–Crippen LogP) is 5.32. The van der Waals surface area contributed by atoms with Gasteiger partial charge in [-0.25, -0.2) is 31.0 Å². The summed E-state index contributed by atoms with van der Waals surface area (Å²) in [5, 5.41) is 0.337. The summed E-state index contributed by atoms with van der Waals surface area (Å²) in [6, 6.07) is 5.78. The van der Waals surface area contributed by atoms with Crippen LogP contribution in [0, 0.1) is 18.6 Å². The lowest BCUT2D eigenvalue weighted by atomic mass is 10.0. The Kier molecular flexibility index (Phi) is 5.24. The molecule has 0 aliphatic heterocycles. The van der Waals surface area contributed by atoms with E-state index in [4.69, 9.17) is 11.6 Å². The lowest BCUT2D eigenvalue weighted by Crippen LogP contribution is -2.03. The third-order valence-corrected chi connectivity index (χ3v) is 5.58. The highest BCUT2D eigenvalue weighted by molar-refractivity contribution is 7.90. The molecule has 2 aromatic carbocycles. The molecule has 0 amide bonds. The van der Waals surface area contributed by atoms with E-state index in [2.05, 4.69) is 9.97 Å². The summed E-state index contributed by atoms with van der Waals surface area (Å²) in [4.78, 5) is 5.26. The minimum Gasteiger partial charge on any atom is -0.337 e. The maximum absolute atomic E-state index is 14.6. The molecule has 0 aliphatic carbocycles. The van der Waals surface area contributed by atoms with Crippen molar-refractivity contribution < 1.29 is 26.0 Å². The lowest BCUT2D eigenvalue weighted by molar-refractivity contribution is 0.141. The average Bonchev–Trinajstić information content (AvgIpc) is 3.03. The van der Waals surface area contributed by atoms with Crippen molar-refractivity contribution in [3.8, 4) is 22.5 Å². The number of aromatic amines is 1. The van der Waals surface area contributed by atoms with E-state index < -0.39 is 44.2 Å². The summed E-state index contributed by atoms with van der Waals surface area (Å²) in [7, 11) is -4.01. The van der Waals surface area contributed by atoms with Gasteiger partial charge in [-0.2, -0.15) is 0 Å². The van der Waals surface area contributed by atoms with Gasteiger partial charge in [0.25, 0.3) is 6.43 Å². The first kappa shape index (κ1) is 20.3. The first-order valence-electron chi connectivity index (χ1n) is 7.83. The van der Waals surface area contributed by atoms with E-state index in [0.717, 1.165) is 11.8 Å². The summed E-state index contributed by atoms with van der Waals surface area (Å²) in [6.45, 7) is 1.74. The van der Waals surface area contributed by atoms with Crippen molar-refractivity contribution in [2.75, 3.05) is 6.26 Å². The third-order valence-electron chi connectivity index (χ3n) is 4.06. The molecule has 4 nitrogen and oxygen atoms in total. The van der Waals surface area contributed by atoms with Crippen LogP contribution in [0.2, 0.25) is 5.02 Å². The number of benzene rings is 2. The number of halogens is 5. The molecule has 0 radical (unpaired) electrons. The second-order valence-electron chi connectivity index (χ2n) is 6.14. The maximum atomic E-state index is 14.6. The van der Waals surface area contributed by atoms with Crippen molar-refractivity contribution in [1.29, 1.82) is 0 Å². The molecule has 0 fully saturated rings.